The summed E-state index contributed by atoms with van der Waals surface area (Å²) in [5.41, 5.74) is 5.49. The Bertz CT molecular complexity index is 1430. The lowest BCUT2D eigenvalue weighted by Crippen LogP contribution is -2.30. The molecule has 0 radical (unpaired) electrons. The highest BCUT2D eigenvalue weighted by atomic mass is 31.1. The first-order valence-corrected chi connectivity index (χ1v) is 16.9. The summed E-state index contributed by atoms with van der Waals surface area (Å²) in [5, 5.41) is 2.81. The summed E-state index contributed by atoms with van der Waals surface area (Å²) in [6.07, 6.45) is 26.4. The molecule has 6 rings (SSSR count). The van der Waals surface area contributed by atoms with Gasteiger partial charge in [0.25, 0.3) is 0 Å². The van der Waals surface area contributed by atoms with Gasteiger partial charge >= 0.3 is 0 Å². The molecule has 42 heavy (non-hydrogen) atoms. The van der Waals surface area contributed by atoms with Crippen molar-refractivity contribution in [2.24, 2.45) is 11.8 Å². The lowest BCUT2D eigenvalue weighted by molar-refractivity contribution is 0.221. The molecule has 2 aliphatic carbocycles. The Morgan fingerprint density at radius 2 is 1.38 bits per heavy atom. The summed E-state index contributed by atoms with van der Waals surface area (Å²) >= 11 is 0. The van der Waals surface area contributed by atoms with Crippen molar-refractivity contribution in [2.45, 2.75) is 58.1 Å². The van der Waals surface area contributed by atoms with Gasteiger partial charge in [0.15, 0.2) is 0 Å². The number of piperidine rings is 1. The molecule has 0 amide bonds. The van der Waals surface area contributed by atoms with E-state index in [0.717, 1.165) is 38.0 Å². The molecular formula is C39H44NOP. The Morgan fingerprint density at radius 1 is 0.667 bits per heavy atom. The summed E-state index contributed by atoms with van der Waals surface area (Å²) in [5.74, 6) is 2.17. The van der Waals surface area contributed by atoms with Crippen LogP contribution < -0.4 is 15.3 Å². The van der Waals surface area contributed by atoms with E-state index < -0.39 is 0 Å². The van der Waals surface area contributed by atoms with Gasteiger partial charge in [0.1, 0.15) is 12.4 Å². The van der Waals surface area contributed by atoms with Crippen LogP contribution in [-0.4, -0.2) is 18.0 Å². The molecule has 0 N–H and O–H groups in total. The standard InChI is InChI=1S/C39H44NOP/c1-5-15-31(16-6-1)25-34-27-36(26-32-17-7-2-8-18-32)39(41-30-33-19-9-3-10-20-33)38(28-34)42-37-22-12-11-21-35(37)29-40-23-13-4-14-24-40/h1-3,5-12,15,17,19-22,27-28,31-32,42H,4,13-14,16,18,23-26,29-30H2. The van der Waals surface area contributed by atoms with Crippen LogP contribution in [0.3, 0.4) is 0 Å². The Kier molecular flexibility index (Phi) is 10.2. The highest BCUT2D eigenvalue weighted by Gasteiger charge is 2.20. The van der Waals surface area contributed by atoms with Crippen molar-refractivity contribution in [1.82, 2.24) is 4.90 Å². The molecular weight excluding hydrogens is 529 g/mol. The Morgan fingerprint density at radius 3 is 2.12 bits per heavy atom. The first kappa shape index (κ1) is 28.9. The van der Waals surface area contributed by atoms with Crippen LogP contribution in [0.4, 0.5) is 0 Å². The number of ether oxygens (including phenoxy) is 1. The number of likely N-dealkylation sites (tertiary alicyclic amines) is 1. The zero-order chi connectivity index (χ0) is 28.4. The van der Waals surface area contributed by atoms with E-state index in [1.165, 1.54) is 65.2 Å². The number of hydrogen-bond acceptors (Lipinski definition) is 2. The third kappa shape index (κ3) is 8.00. The van der Waals surface area contributed by atoms with Crippen molar-refractivity contribution in [1.29, 1.82) is 0 Å². The smallest absolute Gasteiger partial charge is 0.130 e. The second-order valence-corrected chi connectivity index (χ2v) is 13.4. The number of allylic oxidation sites excluding steroid dienone is 8. The summed E-state index contributed by atoms with van der Waals surface area (Å²) in [7, 11) is 0.564. The largest absolute Gasteiger partial charge is 0.488 e. The SMILES string of the molecule is C1=CCC(Cc2cc(CC3C=CC=CC3)c(OCc3ccccc3)c(Pc3ccccc3CN3CCCCC3)c2)C=C1. The average Bonchev–Trinajstić information content (AvgIpc) is 3.04. The average molecular weight is 574 g/mol. The van der Waals surface area contributed by atoms with Crippen LogP contribution in [0.25, 0.3) is 0 Å². The van der Waals surface area contributed by atoms with Crippen molar-refractivity contribution in [3.63, 3.8) is 0 Å². The minimum Gasteiger partial charge on any atom is -0.488 e. The number of hydrogen-bond donors (Lipinski definition) is 0. The second-order valence-electron chi connectivity index (χ2n) is 12.1. The van der Waals surface area contributed by atoms with Gasteiger partial charge in [0.05, 0.1) is 0 Å². The predicted octanol–water partition coefficient (Wildman–Crippen LogP) is 8.23. The molecule has 0 spiro atoms. The summed E-state index contributed by atoms with van der Waals surface area (Å²) < 4.78 is 6.83. The van der Waals surface area contributed by atoms with Crippen LogP contribution in [0.5, 0.6) is 5.75 Å². The lowest BCUT2D eigenvalue weighted by atomic mass is 9.89. The minimum atomic E-state index is 0.504. The maximum atomic E-state index is 6.83. The predicted molar refractivity (Wildman–Crippen MR) is 181 cm³/mol. The van der Waals surface area contributed by atoms with E-state index in [1.807, 2.05) is 0 Å². The molecule has 0 bridgehead atoms. The van der Waals surface area contributed by atoms with Crippen molar-refractivity contribution in [2.75, 3.05) is 13.1 Å². The molecule has 1 fully saturated rings. The topological polar surface area (TPSA) is 12.5 Å². The van der Waals surface area contributed by atoms with Crippen molar-refractivity contribution >= 4 is 19.2 Å². The van der Waals surface area contributed by atoms with E-state index in [2.05, 4.69) is 120 Å². The molecule has 3 unspecified atom stereocenters. The van der Waals surface area contributed by atoms with E-state index in [1.54, 1.807) is 0 Å². The van der Waals surface area contributed by atoms with Crippen molar-refractivity contribution < 1.29 is 4.74 Å². The van der Waals surface area contributed by atoms with E-state index in [-0.39, 0.29) is 0 Å². The van der Waals surface area contributed by atoms with E-state index in [4.69, 9.17) is 4.74 Å². The molecule has 1 aliphatic heterocycles. The van der Waals surface area contributed by atoms with E-state index in [9.17, 15) is 0 Å². The van der Waals surface area contributed by atoms with Crippen LogP contribution in [0, 0.1) is 11.8 Å². The molecule has 3 aromatic carbocycles. The summed E-state index contributed by atoms with van der Waals surface area (Å²) in [4.78, 5) is 2.65. The molecule has 3 aromatic rings. The van der Waals surface area contributed by atoms with Gasteiger partial charge in [-0.05, 0) is 97.1 Å². The minimum absolute atomic E-state index is 0.504. The van der Waals surface area contributed by atoms with E-state index in [0.29, 0.717) is 27.0 Å². The van der Waals surface area contributed by atoms with Gasteiger partial charge in [-0.1, -0.05) is 124 Å². The fraction of sp³-hybridized carbons (Fsp3) is 0.333. The van der Waals surface area contributed by atoms with Crippen LogP contribution in [0.15, 0.2) is 115 Å². The summed E-state index contributed by atoms with van der Waals surface area (Å²) in [6.45, 7) is 4.08. The molecule has 0 saturated carbocycles. The zero-order valence-corrected chi connectivity index (χ0v) is 25.8. The maximum Gasteiger partial charge on any atom is 0.130 e. The third-order valence-corrected chi connectivity index (χ3v) is 10.1. The fourth-order valence-electron chi connectivity index (χ4n) is 6.45. The molecule has 3 heteroatoms. The van der Waals surface area contributed by atoms with Gasteiger partial charge in [0, 0.05) is 11.8 Å². The first-order valence-electron chi connectivity index (χ1n) is 15.9. The summed E-state index contributed by atoms with van der Waals surface area (Å²) in [6, 6.07) is 24.7. The maximum absolute atomic E-state index is 6.83. The Labute approximate surface area is 254 Å². The molecule has 1 heterocycles. The van der Waals surface area contributed by atoms with Gasteiger partial charge in [-0.2, -0.15) is 0 Å². The highest BCUT2D eigenvalue weighted by Crippen LogP contribution is 2.32. The lowest BCUT2D eigenvalue weighted by Gasteiger charge is -2.27. The van der Waals surface area contributed by atoms with Crippen molar-refractivity contribution in [3.05, 3.63) is 138 Å². The van der Waals surface area contributed by atoms with Crippen LogP contribution in [-0.2, 0) is 26.0 Å². The fourth-order valence-corrected chi connectivity index (χ4v) is 7.85. The molecule has 3 atom stereocenters. The zero-order valence-electron chi connectivity index (χ0n) is 24.8. The van der Waals surface area contributed by atoms with Crippen LogP contribution in [0.1, 0.15) is 54.4 Å². The molecule has 0 aromatic heterocycles. The van der Waals surface area contributed by atoms with Crippen LogP contribution >= 0.6 is 8.58 Å². The molecule has 1 saturated heterocycles. The Hall–Kier alpha value is -3.19. The Balaban J connectivity index is 1.36. The number of benzene rings is 3. The quantitative estimate of drug-likeness (QED) is 0.214. The molecule has 2 nitrogen and oxygen atoms in total. The van der Waals surface area contributed by atoms with Gasteiger partial charge in [-0.15, -0.1) is 0 Å². The second kappa shape index (κ2) is 14.8. The van der Waals surface area contributed by atoms with Gasteiger partial charge in [0.2, 0.25) is 0 Å². The molecule has 216 valence electrons. The molecule has 3 aliphatic rings. The number of nitrogens with zero attached hydrogens (tertiary/aromatic N) is 1. The normalized spacial score (nSPS) is 20.5. The van der Waals surface area contributed by atoms with Crippen LogP contribution in [0.2, 0.25) is 0 Å². The van der Waals surface area contributed by atoms with Gasteiger partial charge in [-0.3, -0.25) is 4.90 Å². The monoisotopic (exact) mass is 573 g/mol. The first-order chi connectivity index (χ1) is 20.8. The highest BCUT2D eigenvalue weighted by molar-refractivity contribution is 7.55. The van der Waals surface area contributed by atoms with Gasteiger partial charge in [-0.25, -0.2) is 0 Å². The van der Waals surface area contributed by atoms with Gasteiger partial charge < -0.3 is 4.74 Å². The van der Waals surface area contributed by atoms with Crippen molar-refractivity contribution in [3.8, 4) is 5.75 Å². The van der Waals surface area contributed by atoms with E-state index >= 15 is 0 Å². The number of rotatable bonds is 11. The third-order valence-electron chi connectivity index (χ3n) is 8.70.